The van der Waals surface area contributed by atoms with E-state index in [9.17, 15) is 14.0 Å². The molecule has 0 aliphatic heterocycles. The number of nitrogens with zero attached hydrogens (tertiary/aromatic N) is 2. The highest BCUT2D eigenvalue weighted by atomic mass is 35.5. The number of carbonyl (C=O) groups excluding carboxylic acids is 2. The monoisotopic (exact) mass is 426 g/mol. The molecule has 3 rings (SSSR count). The van der Waals surface area contributed by atoms with Gasteiger partial charge in [-0.3, -0.25) is 9.59 Å². The molecule has 154 valence electrons. The summed E-state index contributed by atoms with van der Waals surface area (Å²) in [4.78, 5) is 32.8. The molecule has 8 heteroatoms. The summed E-state index contributed by atoms with van der Waals surface area (Å²) in [6.45, 7) is 3.99. The van der Waals surface area contributed by atoms with Crippen LogP contribution in [0, 0.1) is 12.7 Å². The van der Waals surface area contributed by atoms with E-state index in [1.54, 1.807) is 0 Å². The van der Waals surface area contributed by atoms with Crippen molar-refractivity contribution in [3.63, 3.8) is 0 Å². The van der Waals surface area contributed by atoms with Gasteiger partial charge in [-0.1, -0.05) is 47.5 Å². The Morgan fingerprint density at radius 3 is 2.37 bits per heavy atom. The van der Waals surface area contributed by atoms with E-state index in [4.69, 9.17) is 11.6 Å². The summed E-state index contributed by atoms with van der Waals surface area (Å²) in [7, 11) is 0. The van der Waals surface area contributed by atoms with Crippen LogP contribution in [0.15, 0.2) is 54.9 Å². The normalized spacial score (nSPS) is 11.6. The molecule has 0 bridgehead atoms. The van der Waals surface area contributed by atoms with Crippen molar-refractivity contribution in [2.45, 2.75) is 26.4 Å². The lowest BCUT2D eigenvalue weighted by Crippen LogP contribution is -2.29. The minimum atomic E-state index is -0.530. The summed E-state index contributed by atoms with van der Waals surface area (Å²) < 4.78 is 13.2. The molecule has 2 amide bonds. The standard InChI is InChI=1S/C22H20ClFN4O2/c1-13-3-6-16(7-4-13)14(2)28-22(30)20-10-19(26-12-27-20)21(29)25-11-15-5-8-18(24)17(23)9-15/h3-10,12,14H,11H2,1-2H3,(H,25,29)(H,28,30)/t14-/m0/s1. The largest absolute Gasteiger partial charge is 0.347 e. The molecule has 1 aromatic heterocycles. The van der Waals surface area contributed by atoms with Gasteiger partial charge in [0.15, 0.2) is 0 Å². The predicted molar refractivity (Wildman–Crippen MR) is 112 cm³/mol. The second-order valence-electron chi connectivity index (χ2n) is 6.83. The molecule has 0 radical (unpaired) electrons. The topological polar surface area (TPSA) is 84.0 Å². The van der Waals surface area contributed by atoms with Crippen LogP contribution in [-0.2, 0) is 6.54 Å². The first-order chi connectivity index (χ1) is 14.3. The van der Waals surface area contributed by atoms with Crippen molar-refractivity contribution in [3.8, 4) is 0 Å². The molecule has 1 atom stereocenters. The van der Waals surface area contributed by atoms with E-state index >= 15 is 0 Å². The van der Waals surface area contributed by atoms with Crippen LogP contribution in [0.3, 0.4) is 0 Å². The second kappa shape index (κ2) is 9.45. The van der Waals surface area contributed by atoms with Crippen LogP contribution in [0.1, 0.15) is 50.6 Å². The Kier molecular flexibility index (Phi) is 6.74. The van der Waals surface area contributed by atoms with Gasteiger partial charge >= 0.3 is 0 Å². The fraction of sp³-hybridized carbons (Fsp3) is 0.182. The van der Waals surface area contributed by atoms with E-state index in [2.05, 4.69) is 20.6 Å². The van der Waals surface area contributed by atoms with E-state index in [-0.39, 0.29) is 29.0 Å². The molecule has 2 aromatic carbocycles. The van der Waals surface area contributed by atoms with Crippen molar-refractivity contribution in [1.29, 1.82) is 0 Å². The molecule has 0 aliphatic carbocycles. The Morgan fingerprint density at radius 2 is 1.70 bits per heavy atom. The van der Waals surface area contributed by atoms with E-state index in [1.807, 2.05) is 38.1 Å². The summed E-state index contributed by atoms with van der Waals surface area (Å²) >= 11 is 5.74. The van der Waals surface area contributed by atoms with E-state index in [1.165, 1.54) is 24.3 Å². The number of carbonyl (C=O) groups is 2. The van der Waals surface area contributed by atoms with E-state index < -0.39 is 17.6 Å². The maximum Gasteiger partial charge on any atom is 0.270 e. The van der Waals surface area contributed by atoms with Crippen LogP contribution >= 0.6 is 11.6 Å². The number of hydrogen-bond donors (Lipinski definition) is 2. The molecule has 3 aromatic rings. The molecule has 2 N–H and O–H groups in total. The molecular formula is C22H20ClFN4O2. The van der Waals surface area contributed by atoms with Crippen LogP contribution < -0.4 is 10.6 Å². The predicted octanol–water partition coefficient (Wildman–Crippen LogP) is 4.00. The van der Waals surface area contributed by atoms with Gasteiger partial charge in [0.2, 0.25) is 0 Å². The van der Waals surface area contributed by atoms with Crippen LogP contribution in [0.25, 0.3) is 0 Å². The fourth-order valence-electron chi connectivity index (χ4n) is 2.74. The molecule has 0 saturated carbocycles. The number of benzene rings is 2. The third-order valence-electron chi connectivity index (χ3n) is 4.49. The highest BCUT2D eigenvalue weighted by Crippen LogP contribution is 2.16. The Labute approximate surface area is 178 Å². The maximum absolute atomic E-state index is 13.2. The number of rotatable bonds is 6. The van der Waals surface area contributed by atoms with Gasteiger partial charge in [0.25, 0.3) is 11.8 Å². The molecular weight excluding hydrogens is 407 g/mol. The van der Waals surface area contributed by atoms with Crippen LogP contribution in [-0.4, -0.2) is 21.8 Å². The average molecular weight is 427 g/mol. The summed E-state index contributed by atoms with van der Waals surface area (Å²) in [5, 5.41) is 5.49. The Balaban J connectivity index is 1.64. The summed E-state index contributed by atoms with van der Waals surface area (Å²) in [6, 6.07) is 13.1. The summed E-state index contributed by atoms with van der Waals surface area (Å²) in [5.74, 6) is -1.43. The van der Waals surface area contributed by atoms with Gasteiger partial charge in [0, 0.05) is 12.6 Å². The van der Waals surface area contributed by atoms with Crippen LogP contribution in [0.2, 0.25) is 5.02 Å². The first kappa shape index (κ1) is 21.4. The molecule has 0 saturated heterocycles. The van der Waals surface area contributed by atoms with Crippen LogP contribution in [0.4, 0.5) is 4.39 Å². The number of hydrogen-bond acceptors (Lipinski definition) is 4. The minimum Gasteiger partial charge on any atom is -0.347 e. The lowest BCUT2D eigenvalue weighted by atomic mass is 10.1. The quantitative estimate of drug-likeness (QED) is 0.624. The van der Waals surface area contributed by atoms with Gasteiger partial charge in [-0.15, -0.1) is 0 Å². The van der Waals surface area contributed by atoms with Gasteiger partial charge < -0.3 is 10.6 Å². The van der Waals surface area contributed by atoms with Crippen molar-refractivity contribution in [2.75, 3.05) is 0 Å². The number of aryl methyl sites for hydroxylation is 1. The lowest BCUT2D eigenvalue weighted by molar-refractivity contribution is 0.0934. The fourth-order valence-corrected chi connectivity index (χ4v) is 2.94. The van der Waals surface area contributed by atoms with Crippen molar-refractivity contribution < 1.29 is 14.0 Å². The highest BCUT2D eigenvalue weighted by Gasteiger charge is 2.16. The summed E-state index contributed by atoms with van der Waals surface area (Å²) in [5.41, 5.74) is 2.85. The molecule has 0 fully saturated rings. The van der Waals surface area contributed by atoms with Crippen LogP contribution in [0.5, 0.6) is 0 Å². The molecule has 1 heterocycles. The first-order valence-electron chi connectivity index (χ1n) is 9.25. The highest BCUT2D eigenvalue weighted by molar-refractivity contribution is 6.30. The number of amides is 2. The maximum atomic E-state index is 13.2. The van der Waals surface area contributed by atoms with Gasteiger partial charge in [-0.05, 0) is 37.1 Å². The van der Waals surface area contributed by atoms with Gasteiger partial charge in [-0.25, -0.2) is 14.4 Å². The lowest BCUT2D eigenvalue weighted by Gasteiger charge is -2.14. The van der Waals surface area contributed by atoms with Crippen molar-refractivity contribution >= 4 is 23.4 Å². The molecule has 6 nitrogen and oxygen atoms in total. The van der Waals surface area contributed by atoms with Crippen molar-refractivity contribution in [3.05, 3.63) is 93.8 Å². The second-order valence-corrected chi connectivity index (χ2v) is 7.23. The zero-order valence-electron chi connectivity index (χ0n) is 16.4. The molecule has 0 aliphatic rings. The zero-order valence-corrected chi connectivity index (χ0v) is 17.2. The molecule has 0 spiro atoms. The number of nitrogens with one attached hydrogen (secondary N) is 2. The average Bonchev–Trinajstić information content (AvgIpc) is 2.74. The van der Waals surface area contributed by atoms with Crippen molar-refractivity contribution in [1.82, 2.24) is 20.6 Å². The van der Waals surface area contributed by atoms with Crippen molar-refractivity contribution in [2.24, 2.45) is 0 Å². The minimum absolute atomic E-state index is 0.0227. The van der Waals surface area contributed by atoms with Gasteiger partial charge in [0.1, 0.15) is 23.5 Å². The Bertz CT molecular complexity index is 1070. The van der Waals surface area contributed by atoms with E-state index in [0.29, 0.717) is 5.56 Å². The Morgan fingerprint density at radius 1 is 1.03 bits per heavy atom. The van der Waals surface area contributed by atoms with Gasteiger partial charge in [0.05, 0.1) is 11.1 Å². The molecule has 30 heavy (non-hydrogen) atoms. The third kappa shape index (κ3) is 5.39. The summed E-state index contributed by atoms with van der Waals surface area (Å²) in [6.07, 6.45) is 1.16. The number of halogens is 2. The Hall–Kier alpha value is -3.32. The first-order valence-corrected chi connectivity index (χ1v) is 9.63. The SMILES string of the molecule is Cc1ccc([C@H](C)NC(=O)c2cc(C(=O)NCc3ccc(F)c(Cl)c3)ncn2)cc1. The number of aromatic nitrogens is 2. The molecule has 0 unspecified atom stereocenters. The third-order valence-corrected chi connectivity index (χ3v) is 4.78. The van der Waals surface area contributed by atoms with E-state index in [0.717, 1.165) is 17.5 Å². The zero-order chi connectivity index (χ0) is 21.7. The van der Waals surface area contributed by atoms with Gasteiger partial charge in [-0.2, -0.15) is 0 Å². The smallest absolute Gasteiger partial charge is 0.270 e.